The standard InChI is InChI=1S/C6H13BN/c1-6(2)8-5-3-4-7-8/h6H,3-5H2,1-2H3. The third-order valence-corrected chi connectivity index (χ3v) is 1.65. The lowest BCUT2D eigenvalue weighted by Gasteiger charge is -2.18. The molecule has 0 aliphatic carbocycles. The van der Waals surface area contributed by atoms with Crippen LogP contribution in [0.5, 0.6) is 0 Å². The number of rotatable bonds is 1. The maximum Gasteiger partial charge on any atom is 0.208 e. The van der Waals surface area contributed by atoms with Gasteiger partial charge in [0.15, 0.2) is 0 Å². The van der Waals surface area contributed by atoms with E-state index in [-0.39, 0.29) is 0 Å². The summed E-state index contributed by atoms with van der Waals surface area (Å²) >= 11 is 0. The highest BCUT2D eigenvalue weighted by Crippen LogP contribution is 2.08. The van der Waals surface area contributed by atoms with Crippen molar-refractivity contribution in [3.05, 3.63) is 0 Å². The van der Waals surface area contributed by atoms with Crippen molar-refractivity contribution < 1.29 is 0 Å². The van der Waals surface area contributed by atoms with Gasteiger partial charge in [-0.05, 0) is 19.0 Å². The lowest BCUT2D eigenvalue weighted by Crippen LogP contribution is -2.29. The average molecular weight is 110 g/mol. The molecule has 0 aromatic rings. The van der Waals surface area contributed by atoms with Crippen molar-refractivity contribution in [2.45, 2.75) is 32.6 Å². The maximum absolute atomic E-state index is 2.40. The molecule has 1 aliphatic heterocycles. The zero-order chi connectivity index (χ0) is 5.98. The molecule has 0 atom stereocenters. The molecular weight excluding hydrogens is 96.9 g/mol. The molecule has 0 aromatic carbocycles. The van der Waals surface area contributed by atoms with E-state index in [0.29, 0.717) is 0 Å². The molecule has 2 heteroatoms. The molecular formula is C6H13BN. The van der Waals surface area contributed by atoms with Crippen LogP contribution in [0.3, 0.4) is 0 Å². The zero-order valence-corrected chi connectivity index (χ0v) is 5.72. The highest BCUT2D eigenvalue weighted by molar-refractivity contribution is 6.33. The molecule has 0 spiro atoms. The largest absolute Gasteiger partial charge is 0.344 e. The summed E-state index contributed by atoms with van der Waals surface area (Å²) in [5.74, 6) is 0. The molecule has 1 nitrogen and oxygen atoms in total. The van der Waals surface area contributed by atoms with Crippen LogP contribution in [-0.4, -0.2) is 24.8 Å². The van der Waals surface area contributed by atoms with Crippen molar-refractivity contribution in [2.24, 2.45) is 0 Å². The van der Waals surface area contributed by atoms with Gasteiger partial charge in [0.2, 0.25) is 7.41 Å². The highest BCUT2D eigenvalue weighted by atomic mass is 15.1. The maximum atomic E-state index is 2.40. The Morgan fingerprint density at radius 2 is 2.25 bits per heavy atom. The molecule has 0 amide bonds. The van der Waals surface area contributed by atoms with Gasteiger partial charge in [-0.25, -0.2) is 0 Å². The fourth-order valence-electron chi connectivity index (χ4n) is 1.09. The molecule has 0 bridgehead atoms. The van der Waals surface area contributed by atoms with Gasteiger partial charge in [0.05, 0.1) is 0 Å². The van der Waals surface area contributed by atoms with Crippen molar-refractivity contribution in [3.8, 4) is 0 Å². The first kappa shape index (κ1) is 6.15. The molecule has 1 saturated heterocycles. The Labute approximate surface area is 52.3 Å². The Morgan fingerprint density at radius 3 is 2.50 bits per heavy atom. The predicted octanol–water partition coefficient (Wildman–Crippen LogP) is 1.14. The monoisotopic (exact) mass is 110 g/mol. The smallest absolute Gasteiger partial charge is 0.208 e. The lowest BCUT2D eigenvalue weighted by molar-refractivity contribution is 0.397. The van der Waals surface area contributed by atoms with E-state index in [1.807, 2.05) is 0 Å². The zero-order valence-electron chi connectivity index (χ0n) is 5.72. The van der Waals surface area contributed by atoms with E-state index in [1.165, 1.54) is 19.3 Å². The van der Waals surface area contributed by atoms with E-state index in [2.05, 4.69) is 26.1 Å². The summed E-state index contributed by atoms with van der Waals surface area (Å²) in [4.78, 5) is 2.40. The third kappa shape index (κ3) is 1.25. The van der Waals surface area contributed by atoms with Crippen molar-refractivity contribution in [1.29, 1.82) is 0 Å². The normalized spacial score (nSPS) is 21.9. The van der Waals surface area contributed by atoms with Crippen LogP contribution >= 0.6 is 0 Å². The van der Waals surface area contributed by atoms with Gasteiger partial charge in [0, 0.05) is 0 Å². The fraction of sp³-hybridized carbons (Fsp3) is 1.00. The lowest BCUT2D eigenvalue weighted by atomic mass is 9.90. The number of nitrogens with zero attached hydrogens (tertiary/aromatic N) is 1. The van der Waals surface area contributed by atoms with E-state index < -0.39 is 0 Å². The van der Waals surface area contributed by atoms with Gasteiger partial charge in [-0.3, -0.25) is 0 Å². The molecule has 1 fully saturated rings. The quantitative estimate of drug-likeness (QED) is 0.457. The predicted molar refractivity (Wildman–Crippen MR) is 37.0 cm³/mol. The second-order valence-electron chi connectivity index (χ2n) is 2.66. The molecule has 45 valence electrons. The van der Waals surface area contributed by atoms with Crippen LogP contribution < -0.4 is 0 Å². The van der Waals surface area contributed by atoms with Crippen LogP contribution in [0.4, 0.5) is 0 Å². The minimum Gasteiger partial charge on any atom is -0.344 e. The summed E-state index contributed by atoms with van der Waals surface area (Å²) in [6, 6.07) is 0.720. The van der Waals surface area contributed by atoms with Crippen LogP contribution in [0.25, 0.3) is 0 Å². The summed E-state index contributed by atoms with van der Waals surface area (Å²) in [6.07, 6.45) is 2.65. The van der Waals surface area contributed by atoms with Crippen molar-refractivity contribution in [2.75, 3.05) is 6.54 Å². The average Bonchev–Trinajstić information content (AvgIpc) is 2.12. The van der Waals surface area contributed by atoms with Gasteiger partial charge in [0.25, 0.3) is 0 Å². The molecule has 0 unspecified atom stereocenters. The van der Waals surface area contributed by atoms with Gasteiger partial charge in [-0.15, -0.1) is 0 Å². The van der Waals surface area contributed by atoms with Crippen LogP contribution in [0, 0.1) is 0 Å². The van der Waals surface area contributed by atoms with Crippen LogP contribution in [0.15, 0.2) is 0 Å². The first-order valence-corrected chi connectivity index (χ1v) is 3.40. The Kier molecular flexibility index (Phi) is 1.95. The van der Waals surface area contributed by atoms with Crippen molar-refractivity contribution in [3.63, 3.8) is 0 Å². The van der Waals surface area contributed by atoms with Crippen molar-refractivity contribution in [1.82, 2.24) is 4.81 Å². The molecule has 1 aliphatic rings. The Balaban J connectivity index is 2.24. The Morgan fingerprint density at radius 1 is 1.50 bits per heavy atom. The van der Waals surface area contributed by atoms with E-state index >= 15 is 0 Å². The second-order valence-corrected chi connectivity index (χ2v) is 2.66. The van der Waals surface area contributed by atoms with Crippen LogP contribution in [0.1, 0.15) is 20.3 Å². The Hall–Kier alpha value is 0.0249. The van der Waals surface area contributed by atoms with Gasteiger partial charge in [-0.1, -0.05) is 20.2 Å². The number of hydrogen-bond donors (Lipinski definition) is 0. The summed E-state index contributed by atoms with van der Waals surface area (Å²) in [6.45, 7) is 5.75. The molecule has 0 N–H and O–H groups in total. The molecule has 1 heterocycles. The minimum atomic E-state index is 0.720. The SMILES string of the molecule is CC(C)N1[B]CCC1. The topological polar surface area (TPSA) is 3.24 Å². The van der Waals surface area contributed by atoms with Crippen molar-refractivity contribution >= 4 is 7.41 Å². The molecule has 0 aromatic heterocycles. The van der Waals surface area contributed by atoms with E-state index in [4.69, 9.17) is 0 Å². The van der Waals surface area contributed by atoms with E-state index in [1.54, 1.807) is 0 Å². The Bertz CT molecular complexity index is 66.9. The number of hydrogen-bond acceptors (Lipinski definition) is 1. The van der Waals surface area contributed by atoms with E-state index in [0.717, 1.165) is 6.04 Å². The summed E-state index contributed by atoms with van der Waals surface area (Å²) in [7, 11) is 2.31. The van der Waals surface area contributed by atoms with Gasteiger partial charge < -0.3 is 4.81 Å². The minimum absolute atomic E-state index is 0.720. The second kappa shape index (κ2) is 2.54. The van der Waals surface area contributed by atoms with Gasteiger partial charge in [0.1, 0.15) is 0 Å². The molecule has 1 radical (unpaired) electrons. The van der Waals surface area contributed by atoms with Gasteiger partial charge >= 0.3 is 0 Å². The third-order valence-electron chi connectivity index (χ3n) is 1.65. The first-order chi connectivity index (χ1) is 3.80. The van der Waals surface area contributed by atoms with Gasteiger partial charge in [-0.2, -0.15) is 0 Å². The fourth-order valence-corrected chi connectivity index (χ4v) is 1.09. The molecule has 8 heavy (non-hydrogen) atoms. The molecule has 0 saturated carbocycles. The van der Waals surface area contributed by atoms with E-state index in [9.17, 15) is 0 Å². The summed E-state index contributed by atoms with van der Waals surface area (Å²) in [5.41, 5.74) is 0. The van der Waals surface area contributed by atoms with Crippen LogP contribution in [-0.2, 0) is 0 Å². The summed E-state index contributed by atoms with van der Waals surface area (Å²) in [5, 5.41) is 0. The van der Waals surface area contributed by atoms with Crippen LogP contribution in [0.2, 0.25) is 6.32 Å². The molecule has 1 rings (SSSR count). The summed E-state index contributed by atoms with van der Waals surface area (Å²) < 4.78 is 0. The first-order valence-electron chi connectivity index (χ1n) is 3.40. The highest BCUT2D eigenvalue weighted by Gasteiger charge is 2.14.